The summed E-state index contributed by atoms with van der Waals surface area (Å²) in [6, 6.07) is 22.9. The van der Waals surface area contributed by atoms with Crippen molar-refractivity contribution in [2.75, 3.05) is 6.54 Å². The van der Waals surface area contributed by atoms with Crippen molar-refractivity contribution in [1.82, 2.24) is 16.0 Å². The summed E-state index contributed by atoms with van der Waals surface area (Å²) in [5.74, 6) is -3.85. The Labute approximate surface area is 257 Å². The summed E-state index contributed by atoms with van der Waals surface area (Å²) >= 11 is 0. The van der Waals surface area contributed by atoms with Gasteiger partial charge in [0.25, 0.3) is 5.91 Å². The first kappa shape index (κ1) is 30.6. The van der Waals surface area contributed by atoms with E-state index in [0.29, 0.717) is 18.5 Å². The van der Waals surface area contributed by atoms with E-state index in [1.165, 1.54) is 0 Å². The van der Waals surface area contributed by atoms with Gasteiger partial charge in [-0.2, -0.15) is 0 Å². The molecule has 0 radical (unpaired) electrons. The quantitative estimate of drug-likeness (QED) is 0.205. The van der Waals surface area contributed by atoms with Gasteiger partial charge in [-0.15, -0.1) is 0 Å². The van der Waals surface area contributed by atoms with Crippen molar-refractivity contribution < 1.29 is 24.0 Å². The minimum Gasteiger partial charge on any atom is -0.356 e. The number of hydrogen-bond acceptors (Lipinski definition) is 5. The third-order valence-electron chi connectivity index (χ3n) is 8.30. The van der Waals surface area contributed by atoms with Crippen molar-refractivity contribution in [3.05, 3.63) is 113 Å². The maximum atomic E-state index is 13.9. The fraction of sp³-hybridized carbons (Fsp3) is 0.306. The second-order valence-corrected chi connectivity index (χ2v) is 11.5. The van der Waals surface area contributed by atoms with Crippen LogP contribution in [0.25, 0.3) is 6.08 Å². The van der Waals surface area contributed by atoms with E-state index >= 15 is 0 Å². The van der Waals surface area contributed by atoms with Crippen LogP contribution in [0.4, 0.5) is 0 Å². The molecule has 0 unspecified atom stereocenters. The van der Waals surface area contributed by atoms with Gasteiger partial charge in [0.1, 0.15) is 0 Å². The Morgan fingerprint density at radius 3 is 2.36 bits per heavy atom. The Morgan fingerprint density at radius 2 is 1.64 bits per heavy atom. The molecule has 1 heterocycles. The summed E-state index contributed by atoms with van der Waals surface area (Å²) < 4.78 is 0. The van der Waals surface area contributed by atoms with Gasteiger partial charge in [0.05, 0.1) is 6.04 Å². The van der Waals surface area contributed by atoms with Crippen LogP contribution in [-0.4, -0.2) is 41.9 Å². The summed E-state index contributed by atoms with van der Waals surface area (Å²) in [6.45, 7) is 0.703. The van der Waals surface area contributed by atoms with Crippen molar-refractivity contribution in [3.63, 3.8) is 0 Å². The number of carbonyl (C=O) groups is 5. The lowest BCUT2D eigenvalue weighted by Crippen LogP contribution is -2.51. The van der Waals surface area contributed by atoms with Crippen LogP contribution in [0.15, 0.2) is 84.9 Å². The molecule has 1 saturated heterocycles. The molecule has 3 aromatic rings. The molecular weight excluding hydrogens is 554 g/mol. The second kappa shape index (κ2) is 14.6. The predicted molar refractivity (Wildman–Crippen MR) is 167 cm³/mol. The third kappa shape index (κ3) is 7.95. The first-order chi connectivity index (χ1) is 21.4. The van der Waals surface area contributed by atoms with Crippen LogP contribution in [-0.2, 0) is 38.6 Å². The first-order valence-electron chi connectivity index (χ1n) is 15.2. The highest BCUT2D eigenvalue weighted by atomic mass is 16.2. The molecular formula is C36H37N3O5. The zero-order valence-corrected chi connectivity index (χ0v) is 24.6. The molecule has 3 aromatic carbocycles. The molecule has 0 aromatic heterocycles. The molecule has 2 aliphatic rings. The molecule has 0 saturated carbocycles. The number of piperidine rings is 1. The monoisotopic (exact) mass is 591 g/mol. The number of Topliss-reactive ketones (excluding diaryl/α,β-unsaturated/α-hetero) is 2. The summed E-state index contributed by atoms with van der Waals surface area (Å²) in [5, 5.41) is 8.24. The molecule has 44 heavy (non-hydrogen) atoms. The molecule has 3 N–H and O–H groups in total. The van der Waals surface area contributed by atoms with E-state index in [1.807, 2.05) is 84.9 Å². The lowest BCUT2D eigenvalue weighted by molar-refractivity contribution is -0.141. The molecule has 8 nitrogen and oxygen atoms in total. The van der Waals surface area contributed by atoms with Gasteiger partial charge < -0.3 is 16.0 Å². The molecule has 8 heteroatoms. The first-order valence-corrected chi connectivity index (χ1v) is 15.2. The van der Waals surface area contributed by atoms with E-state index in [9.17, 15) is 24.0 Å². The van der Waals surface area contributed by atoms with Gasteiger partial charge in [-0.3, -0.25) is 24.0 Å². The van der Waals surface area contributed by atoms with Crippen molar-refractivity contribution in [1.29, 1.82) is 0 Å². The fourth-order valence-corrected chi connectivity index (χ4v) is 5.81. The van der Waals surface area contributed by atoms with Crippen LogP contribution in [0.1, 0.15) is 58.3 Å². The van der Waals surface area contributed by atoms with E-state index in [4.69, 9.17) is 0 Å². The van der Waals surface area contributed by atoms with Crippen LogP contribution >= 0.6 is 0 Å². The number of benzene rings is 3. The van der Waals surface area contributed by atoms with Crippen molar-refractivity contribution >= 4 is 35.4 Å². The Hall–Kier alpha value is -4.85. The molecule has 3 amide bonds. The van der Waals surface area contributed by atoms with E-state index in [0.717, 1.165) is 35.1 Å². The Balaban J connectivity index is 1.34. The largest absolute Gasteiger partial charge is 0.356 e. The van der Waals surface area contributed by atoms with E-state index in [2.05, 4.69) is 16.0 Å². The Kier molecular flexibility index (Phi) is 10.1. The molecule has 3 atom stereocenters. The summed E-state index contributed by atoms with van der Waals surface area (Å²) in [4.78, 5) is 66.4. The van der Waals surface area contributed by atoms with Gasteiger partial charge in [-0.05, 0) is 60.4 Å². The maximum absolute atomic E-state index is 13.9. The third-order valence-corrected chi connectivity index (χ3v) is 8.30. The van der Waals surface area contributed by atoms with Crippen molar-refractivity contribution in [3.8, 4) is 0 Å². The average molecular weight is 592 g/mol. The number of ketones is 2. The van der Waals surface area contributed by atoms with Crippen molar-refractivity contribution in [2.45, 2.75) is 51.1 Å². The highest BCUT2D eigenvalue weighted by Gasteiger charge is 2.35. The number of fused-ring (bicyclic) bond motifs is 1. The van der Waals surface area contributed by atoms with Crippen molar-refractivity contribution in [2.24, 2.45) is 11.8 Å². The number of allylic oxidation sites excluding steroid dienone is 1. The minimum atomic E-state index is -1.22. The van der Waals surface area contributed by atoms with Gasteiger partial charge in [0.2, 0.25) is 17.6 Å². The minimum absolute atomic E-state index is 0.00166. The van der Waals surface area contributed by atoms with E-state index in [1.54, 1.807) is 6.07 Å². The topological polar surface area (TPSA) is 121 Å². The zero-order chi connectivity index (χ0) is 30.9. The molecule has 1 aliphatic heterocycles. The van der Waals surface area contributed by atoms with E-state index in [-0.39, 0.29) is 37.5 Å². The standard InChI is InChI=1S/C36H37N3O5/c40-32(28-17-16-26-13-7-14-27(26)20-28)22-30(19-24-9-3-1-4-10-24)35(43)39-31(21-29-15-8-18-37-34(29)42)33(41)36(44)38-23-25-11-5-2-6-12-25/h1-7,9-12,14,16-17,20,29-31H,8,13,15,18-19,21-23H2,(H,37,42)(H,38,44)(H,39,43)/t29-,30+,31-/m0/s1. The molecule has 0 bridgehead atoms. The Morgan fingerprint density at radius 1 is 0.909 bits per heavy atom. The lowest BCUT2D eigenvalue weighted by atomic mass is 9.88. The summed E-state index contributed by atoms with van der Waals surface area (Å²) in [5.41, 5.74) is 4.36. The number of hydrogen-bond donors (Lipinski definition) is 3. The fourth-order valence-electron chi connectivity index (χ4n) is 5.81. The predicted octanol–water partition coefficient (Wildman–Crippen LogP) is 3.97. The van der Waals surface area contributed by atoms with Gasteiger partial charge in [0.15, 0.2) is 5.78 Å². The zero-order valence-electron chi connectivity index (χ0n) is 24.6. The molecule has 226 valence electrons. The molecule has 5 rings (SSSR count). The Bertz CT molecular complexity index is 1550. The van der Waals surface area contributed by atoms with Gasteiger partial charge in [-0.25, -0.2) is 0 Å². The number of amides is 3. The van der Waals surface area contributed by atoms with Crippen LogP contribution < -0.4 is 16.0 Å². The average Bonchev–Trinajstić information content (AvgIpc) is 3.53. The summed E-state index contributed by atoms with van der Waals surface area (Å²) in [6.07, 6.45) is 6.35. The van der Waals surface area contributed by atoms with Gasteiger partial charge in [-0.1, -0.05) is 84.9 Å². The van der Waals surface area contributed by atoms with Gasteiger partial charge in [0, 0.05) is 36.9 Å². The highest BCUT2D eigenvalue weighted by molar-refractivity contribution is 6.38. The smallest absolute Gasteiger partial charge is 0.289 e. The van der Waals surface area contributed by atoms with E-state index < -0.39 is 35.5 Å². The highest BCUT2D eigenvalue weighted by Crippen LogP contribution is 2.24. The SMILES string of the molecule is O=C(NCc1ccccc1)C(=O)[C@H](C[C@@H]1CCCNC1=O)NC(=O)[C@@H](CC(=O)c1ccc2c(c1)C=CC2)Cc1ccccc1. The van der Waals surface area contributed by atoms with Crippen LogP contribution in [0.5, 0.6) is 0 Å². The molecule has 0 spiro atoms. The number of carbonyl (C=O) groups excluding carboxylic acids is 5. The molecule has 1 fully saturated rings. The normalized spacial score (nSPS) is 16.7. The second-order valence-electron chi connectivity index (χ2n) is 11.5. The number of nitrogens with one attached hydrogen (secondary N) is 3. The lowest BCUT2D eigenvalue weighted by Gasteiger charge is -2.27. The van der Waals surface area contributed by atoms with Crippen LogP contribution in [0.2, 0.25) is 0 Å². The van der Waals surface area contributed by atoms with Crippen LogP contribution in [0, 0.1) is 11.8 Å². The number of rotatable bonds is 13. The van der Waals surface area contributed by atoms with Crippen LogP contribution in [0.3, 0.4) is 0 Å². The maximum Gasteiger partial charge on any atom is 0.289 e. The van der Waals surface area contributed by atoms with Gasteiger partial charge >= 0.3 is 0 Å². The summed E-state index contributed by atoms with van der Waals surface area (Å²) in [7, 11) is 0. The molecule has 1 aliphatic carbocycles.